The van der Waals surface area contributed by atoms with Crippen LogP contribution in [-0.2, 0) is 0 Å². The van der Waals surface area contributed by atoms with Crippen molar-refractivity contribution in [3.63, 3.8) is 0 Å². The first-order chi connectivity index (χ1) is 9.17. The first-order valence-corrected chi connectivity index (χ1v) is 7.21. The molecule has 3 nitrogen and oxygen atoms in total. The summed E-state index contributed by atoms with van der Waals surface area (Å²) in [6, 6.07) is 7.20. The molecule has 2 aliphatic rings. The van der Waals surface area contributed by atoms with Crippen LogP contribution in [0.5, 0.6) is 5.75 Å². The number of ether oxygens (including phenoxy) is 1. The van der Waals surface area contributed by atoms with Gasteiger partial charge < -0.3 is 9.84 Å². The number of hydrogen-bond acceptors (Lipinski definition) is 3. The molecule has 2 saturated carbocycles. The minimum atomic E-state index is -1.14. The van der Waals surface area contributed by atoms with Crippen molar-refractivity contribution in [1.29, 1.82) is 0 Å². The summed E-state index contributed by atoms with van der Waals surface area (Å²) in [6.07, 6.45) is 6.78. The van der Waals surface area contributed by atoms with Gasteiger partial charge in [-0.15, -0.1) is 0 Å². The summed E-state index contributed by atoms with van der Waals surface area (Å²) in [6.45, 7) is 0. The number of carbonyl (C=O) groups is 1. The topological polar surface area (TPSA) is 46.5 Å². The highest BCUT2D eigenvalue weighted by molar-refractivity contribution is 6.02. The highest BCUT2D eigenvalue weighted by Gasteiger charge is 2.37. The average molecular weight is 260 g/mol. The number of ketones is 1. The molecule has 0 saturated heterocycles. The van der Waals surface area contributed by atoms with Gasteiger partial charge in [0.05, 0.1) is 6.10 Å². The molecule has 2 aliphatic carbocycles. The van der Waals surface area contributed by atoms with E-state index >= 15 is 0 Å². The molecule has 0 heterocycles. The molecule has 0 bridgehead atoms. The molecule has 0 aromatic heterocycles. The third-order valence-corrected chi connectivity index (χ3v) is 4.05. The molecule has 0 amide bonds. The van der Waals surface area contributed by atoms with Gasteiger partial charge in [-0.1, -0.05) is 19.3 Å². The van der Waals surface area contributed by atoms with E-state index in [4.69, 9.17) is 4.74 Å². The molecule has 2 fully saturated rings. The van der Waals surface area contributed by atoms with Gasteiger partial charge in [0.15, 0.2) is 5.78 Å². The Balaban J connectivity index is 1.71. The van der Waals surface area contributed by atoms with E-state index in [0.29, 0.717) is 24.5 Å². The van der Waals surface area contributed by atoms with Crippen molar-refractivity contribution in [1.82, 2.24) is 0 Å². The third kappa shape index (κ3) is 2.81. The van der Waals surface area contributed by atoms with Gasteiger partial charge in [0.2, 0.25) is 0 Å². The van der Waals surface area contributed by atoms with Crippen molar-refractivity contribution >= 4 is 5.78 Å². The fourth-order valence-corrected chi connectivity index (χ4v) is 2.70. The van der Waals surface area contributed by atoms with Crippen LogP contribution >= 0.6 is 0 Å². The Labute approximate surface area is 113 Å². The minimum absolute atomic E-state index is 0.134. The van der Waals surface area contributed by atoms with E-state index in [1.165, 1.54) is 0 Å². The zero-order valence-electron chi connectivity index (χ0n) is 11.1. The predicted molar refractivity (Wildman–Crippen MR) is 72.5 cm³/mol. The lowest BCUT2D eigenvalue weighted by molar-refractivity contribution is 0.0116. The maximum Gasteiger partial charge on any atom is 0.194 e. The van der Waals surface area contributed by atoms with Crippen LogP contribution in [-0.4, -0.2) is 22.6 Å². The summed E-state index contributed by atoms with van der Waals surface area (Å²) >= 11 is 0. The van der Waals surface area contributed by atoms with Gasteiger partial charge in [-0.05, 0) is 49.9 Å². The van der Waals surface area contributed by atoms with Crippen LogP contribution in [0.15, 0.2) is 24.3 Å². The van der Waals surface area contributed by atoms with Gasteiger partial charge in [-0.3, -0.25) is 4.79 Å². The molecule has 0 spiro atoms. The van der Waals surface area contributed by atoms with Crippen LogP contribution in [0.2, 0.25) is 0 Å². The molecule has 3 heteroatoms. The van der Waals surface area contributed by atoms with E-state index in [1.807, 2.05) is 12.1 Å². The van der Waals surface area contributed by atoms with E-state index in [1.54, 1.807) is 12.1 Å². The zero-order valence-corrected chi connectivity index (χ0v) is 11.1. The molecular weight excluding hydrogens is 240 g/mol. The van der Waals surface area contributed by atoms with Crippen LogP contribution in [0.4, 0.5) is 0 Å². The molecule has 0 radical (unpaired) electrons. The molecular formula is C16H20O3. The molecule has 19 heavy (non-hydrogen) atoms. The quantitative estimate of drug-likeness (QED) is 0.846. The normalized spacial score (nSPS) is 21.9. The molecule has 0 atom stereocenters. The largest absolute Gasteiger partial charge is 0.490 e. The lowest BCUT2D eigenvalue weighted by Crippen LogP contribution is -2.40. The Morgan fingerprint density at radius 2 is 1.74 bits per heavy atom. The Bertz CT molecular complexity index is 453. The molecule has 3 rings (SSSR count). The second-order valence-corrected chi connectivity index (χ2v) is 5.76. The number of aliphatic hydroxyl groups is 1. The lowest BCUT2D eigenvalue weighted by atomic mass is 9.79. The Morgan fingerprint density at radius 1 is 1.11 bits per heavy atom. The molecule has 1 aromatic rings. The van der Waals surface area contributed by atoms with E-state index < -0.39 is 5.60 Å². The van der Waals surface area contributed by atoms with Crippen LogP contribution in [0.3, 0.4) is 0 Å². The summed E-state index contributed by atoms with van der Waals surface area (Å²) in [5.41, 5.74) is -0.551. The predicted octanol–water partition coefficient (Wildman–Crippen LogP) is 3.11. The summed E-state index contributed by atoms with van der Waals surface area (Å²) in [4.78, 5) is 12.4. The van der Waals surface area contributed by atoms with Crippen molar-refractivity contribution in [2.75, 3.05) is 0 Å². The van der Waals surface area contributed by atoms with E-state index in [9.17, 15) is 9.90 Å². The Morgan fingerprint density at radius 3 is 2.32 bits per heavy atom. The summed E-state index contributed by atoms with van der Waals surface area (Å²) < 4.78 is 5.66. The Kier molecular flexibility index (Phi) is 3.31. The first-order valence-electron chi connectivity index (χ1n) is 7.21. The number of Topliss-reactive ketones (excluding diaryl/α,β-unsaturated/α-hetero) is 1. The molecule has 0 aliphatic heterocycles. The number of rotatable bonds is 4. The Hall–Kier alpha value is -1.35. The lowest BCUT2D eigenvalue weighted by Gasteiger charge is -2.30. The summed E-state index contributed by atoms with van der Waals surface area (Å²) in [7, 11) is 0. The van der Waals surface area contributed by atoms with Gasteiger partial charge in [0.1, 0.15) is 11.4 Å². The van der Waals surface area contributed by atoms with E-state index in [-0.39, 0.29) is 5.78 Å². The van der Waals surface area contributed by atoms with Crippen LogP contribution in [0.1, 0.15) is 55.3 Å². The molecule has 102 valence electrons. The van der Waals surface area contributed by atoms with Crippen molar-refractivity contribution in [2.24, 2.45) is 0 Å². The van der Waals surface area contributed by atoms with Gasteiger partial charge >= 0.3 is 0 Å². The third-order valence-electron chi connectivity index (χ3n) is 4.05. The number of hydrogen-bond donors (Lipinski definition) is 1. The van der Waals surface area contributed by atoms with Crippen molar-refractivity contribution < 1.29 is 14.6 Å². The second-order valence-electron chi connectivity index (χ2n) is 5.76. The maximum atomic E-state index is 12.4. The molecule has 1 N–H and O–H groups in total. The monoisotopic (exact) mass is 260 g/mol. The zero-order chi connectivity index (χ0) is 13.3. The van der Waals surface area contributed by atoms with Gasteiger partial charge in [0, 0.05) is 5.56 Å². The standard InChI is InChI=1S/C16H20O3/c17-15(16(18)10-2-1-3-11-16)12-4-6-13(7-5-12)19-14-8-9-14/h4-7,14,18H,1-3,8-11H2. The smallest absolute Gasteiger partial charge is 0.194 e. The first kappa shape index (κ1) is 12.7. The van der Waals surface area contributed by atoms with Crippen molar-refractivity contribution in [3.8, 4) is 5.75 Å². The number of carbonyl (C=O) groups excluding carboxylic acids is 1. The van der Waals surface area contributed by atoms with E-state index in [0.717, 1.165) is 37.9 Å². The van der Waals surface area contributed by atoms with Crippen LogP contribution in [0, 0.1) is 0 Å². The molecule has 1 aromatic carbocycles. The van der Waals surface area contributed by atoms with Crippen molar-refractivity contribution in [2.45, 2.75) is 56.7 Å². The average Bonchev–Trinajstić information content (AvgIpc) is 3.24. The summed E-state index contributed by atoms with van der Waals surface area (Å²) in [5, 5.41) is 10.4. The highest BCUT2D eigenvalue weighted by Crippen LogP contribution is 2.32. The number of benzene rings is 1. The second kappa shape index (κ2) is 4.97. The minimum Gasteiger partial charge on any atom is -0.490 e. The summed E-state index contributed by atoms with van der Waals surface area (Å²) in [5.74, 6) is 0.680. The van der Waals surface area contributed by atoms with Gasteiger partial charge in [-0.2, -0.15) is 0 Å². The van der Waals surface area contributed by atoms with Crippen LogP contribution < -0.4 is 4.74 Å². The SMILES string of the molecule is O=C(c1ccc(OC2CC2)cc1)C1(O)CCCCC1. The highest BCUT2D eigenvalue weighted by atomic mass is 16.5. The molecule has 0 unspecified atom stereocenters. The van der Waals surface area contributed by atoms with Crippen molar-refractivity contribution in [3.05, 3.63) is 29.8 Å². The van der Waals surface area contributed by atoms with Crippen LogP contribution in [0.25, 0.3) is 0 Å². The van der Waals surface area contributed by atoms with Gasteiger partial charge in [-0.25, -0.2) is 0 Å². The fraction of sp³-hybridized carbons (Fsp3) is 0.562. The van der Waals surface area contributed by atoms with Gasteiger partial charge in [0.25, 0.3) is 0 Å². The maximum absolute atomic E-state index is 12.4. The fourth-order valence-electron chi connectivity index (χ4n) is 2.70. The van der Waals surface area contributed by atoms with E-state index in [2.05, 4.69) is 0 Å².